The van der Waals surface area contributed by atoms with Gasteiger partial charge in [0.2, 0.25) is 0 Å². The molecule has 3 fully saturated rings. The number of hydrogen-bond donors (Lipinski definition) is 0. The second-order valence-electron chi connectivity index (χ2n) is 9.54. The van der Waals surface area contributed by atoms with E-state index in [0.717, 1.165) is 30.1 Å². The molecule has 7 atom stereocenters. The molecule has 0 N–H and O–H groups in total. The Hall–Kier alpha value is -0.330. The lowest BCUT2D eigenvalue weighted by atomic mass is 9.46. The van der Waals surface area contributed by atoms with Crippen LogP contribution in [0.3, 0.4) is 0 Å². The van der Waals surface area contributed by atoms with E-state index in [1.807, 2.05) is 27.7 Å². The summed E-state index contributed by atoms with van der Waals surface area (Å²) in [5.74, 6) is 4.42. The van der Waals surface area contributed by atoms with E-state index in [0.29, 0.717) is 16.7 Å². The summed E-state index contributed by atoms with van der Waals surface area (Å²) in [6.07, 6.45) is 14.5. The number of aldehydes is 1. The van der Waals surface area contributed by atoms with Gasteiger partial charge in [0.15, 0.2) is 0 Å². The third-order valence-corrected chi connectivity index (χ3v) is 8.92. The molecule has 0 aromatic carbocycles. The average molecular weight is 379 g/mol. The minimum absolute atomic E-state index is 0.421. The lowest BCUT2D eigenvalue weighted by Gasteiger charge is -2.59. The Morgan fingerprint density at radius 3 is 2.04 bits per heavy atom. The van der Waals surface area contributed by atoms with Crippen molar-refractivity contribution in [2.75, 3.05) is 0 Å². The summed E-state index contributed by atoms with van der Waals surface area (Å²) in [5.41, 5.74) is 1.05. The average Bonchev–Trinajstić information content (AvgIpc) is 3.04. The molecule has 0 aromatic heterocycles. The topological polar surface area (TPSA) is 17.1 Å². The zero-order valence-corrected chi connectivity index (χ0v) is 19.9. The van der Waals surface area contributed by atoms with Gasteiger partial charge in [-0.3, -0.25) is 0 Å². The molecule has 3 aliphatic rings. The monoisotopic (exact) mass is 378 g/mol. The summed E-state index contributed by atoms with van der Waals surface area (Å²) < 4.78 is 0. The quantitative estimate of drug-likeness (QED) is 0.439. The molecule has 3 aliphatic carbocycles. The largest absolute Gasteiger partial charge is 0.303 e. The normalized spacial score (nSPS) is 42.6. The van der Waals surface area contributed by atoms with E-state index in [-0.39, 0.29) is 0 Å². The summed E-state index contributed by atoms with van der Waals surface area (Å²) in [6, 6.07) is 0. The first-order chi connectivity index (χ1) is 13.0. The van der Waals surface area contributed by atoms with Gasteiger partial charge in [-0.15, -0.1) is 0 Å². The first-order valence-corrected chi connectivity index (χ1v) is 12.4. The van der Waals surface area contributed by atoms with Gasteiger partial charge in [-0.25, -0.2) is 0 Å². The van der Waals surface area contributed by atoms with Crippen molar-refractivity contribution in [3.05, 3.63) is 0 Å². The van der Waals surface area contributed by atoms with Gasteiger partial charge in [0.1, 0.15) is 6.29 Å². The van der Waals surface area contributed by atoms with E-state index in [2.05, 4.69) is 27.7 Å². The van der Waals surface area contributed by atoms with Crippen molar-refractivity contribution < 1.29 is 4.79 Å². The van der Waals surface area contributed by atoms with E-state index in [1.54, 1.807) is 0 Å². The van der Waals surface area contributed by atoms with Gasteiger partial charge in [-0.05, 0) is 85.4 Å². The molecule has 27 heavy (non-hydrogen) atoms. The summed E-state index contributed by atoms with van der Waals surface area (Å²) in [6.45, 7) is 17.9. The molecule has 3 saturated carbocycles. The first-order valence-electron chi connectivity index (χ1n) is 12.4. The van der Waals surface area contributed by atoms with Crippen molar-refractivity contribution in [3.63, 3.8) is 0 Å². The highest BCUT2D eigenvalue weighted by Crippen LogP contribution is 2.66. The minimum Gasteiger partial charge on any atom is -0.303 e. The molecule has 0 amide bonds. The van der Waals surface area contributed by atoms with Crippen LogP contribution in [0.5, 0.6) is 0 Å². The number of fused-ring (bicyclic) bond motifs is 3. The molecule has 0 radical (unpaired) electrons. The van der Waals surface area contributed by atoms with Crippen LogP contribution < -0.4 is 0 Å². The maximum atomic E-state index is 11.2. The maximum absolute atomic E-state index is 11.2. The standard InChI is InChI=1S/C22H38O.2C2H6/c1-5-13-21(3)17(12-15-23)7-9-18-19-10-8-16(6-2)22(19,4)14-11-20(18)21;2*1-2/h15-20H,5-14H2,1-4H3;2*1-2H3. The van der Waals surface area contributed by atoms with E-state index in [1.165, 1.54) is 64.1 Å². The third-order valence-electron chi connectivity index (χ3n) is 8.92. The van der Waals surface area contributed by atoms with Gasteiger partial charge in [0, 0.05) is 6.42 Å². The number of hydrogen-bond acceptors (Lipinski definition) is 1. The van der Waals surface area contributed by atoms with Crippen LogP contribution in [-0.4, -0.2) is 6.29 Å². The summed E-state index contributed by atoms with van der Waals surface area (Å²) in [7, 11) is 0. The van der Waals surface area contributed by atoms with E-state index in [9.17, 15) is 4.79 Å². The Labute approximate surface area is 171 Å². The van der Waals surface area contributed by atoms with Crippen molar-refractivity contribution >= 4 is 6.29 Å². The Morgan fingerprint density at radius 2 is 1.48 bits per heavy atom. The smallest absolute Gasteiger partial charge is 0.120 e. The van der Waals surface area contributed by atoms with Gasteiger partial charge in [0.05, 0.1) is 0 Å². The van der Waals surface area contributed by atoms with Gasteiger partial charge in [0.25, 0.3) is 0 Å². The predicted molar refractivity (Wildman–Crippen MR) is 120 cm³/mol. The van der Waals surface area contributed by atoms with Crippen molar-refractivity contribution in [3.8, 4) is 0 Å². The molecule has 0 aromatic rings. The number of carbonyl (C=O) groups is 1. The Kier molecular flexibility index (Phi) is 10.1. The Balaban J connectivity index is 0.000000855. The van der Waals surface area contributed by atoms with Gasteiger partial charge in [-0.1, -0.05) is 68.2 Å². The van der Waals surface area contributed by atoms with Crippen LogP contribution in [-0.2, 0) is 4.79 Å². The number of carbonyl (C=O) groups excluding carboxylic acids is 1. The maximum Gasteiger partial charge on any atom is 0.120 e. The summed E-state index contributed by atoms with van der Waals surface area (Å²) in [4.78, 5) is 11.2. The third kappa shape index (κ3) is 4.48. The molecular weight excluding hydrogens is 328 g/mol. The zero-order chi connectivity index (χ0) is 20.7. The van der Waals surface area contributed by atoms with Gasteiger partial charge >= 0.3 is 0 Å². The summed E-state index contributed by atoms with van der Waals surface area (Å²) >= 11 is 0. The van der Waals surface area contributed by atoms with E-state index in [4.69, 9.17) is 0 Å². The molecule has 0 saturated heterocycles. The molecule has 0 bridgehead atoms. The van der Waals surface area contributed by atoms with Crippen LogP contribution in [0.15, 0.2) is 0 Å². The van der Waals surface area contributed by atoms with Gasteiger partial charge < -0.3 is 4.79 Å². The molecule has 7 unspecified atom stereocenters. The SMILES string of the molecule is CC.CC.CCCC1(C)C(CC=O)CCC2C3CCC(CC)C3(C)CCC21. The van der Waals surface area contributed by atoms with Crippen LogP contribution in [0.4, 0.5) is 0 Å². The lowest BCUT2D eigenvalue weighted by molar-refractivity contribution is -0.119. The second kappa shape index (κ2) is 11.0. The van der Waals surface area contributed by atoms with E-state index < -0.39 is 0 Å². The highest BCUT2D eigenvalue weighted by molar-refractivity contribution is 5.50. The van der Waals surface area contributed by atoms with Crippen molar-refractivity contribution in [1.29, 1.82) is 0 Å². The fourth-order valence-corrected chi connectivity index (χ4v) is 7.75. The van der Waals surface area contributed by atoms with Crippen molar-refractivity contribution in [2.45, 2.75) is 120 Å². The number of rotatable bonds is 5. The molecule has 0 spiro atoms. The molecule has 0 aliphatic heterocycles. The highest BCUT2D eigenvalue weighted by Gasteiger charge is 2.58. The minimum atomic E-state index is 0.421. The fraction of sp³-hybridized carbons (Fsp3) is 0.962. The summed E-state index contributed by atoms with van der Waals surface area (Å²) in [5, 5.41) is 0. The van der Waals surface area contributed by atoms with E-state index >= 15 is 0 Å². The van der Waals surface area contributed by atoms with Gasteiger partial charge in [-0.2, -0.15) is 0 Å². The zero-order valence-electron chi connectivity index (χ0n) is 19.9. The first kappa shape index (κ1) is 24.7. The molecular formula is C26H50O. The Bertz CT molecular complexity index is 430. The molecule has 160 valence electrons. The van der Waals surface area contributed by atoms with Crippen molar-refractivity contribution in [1.82, 2.24) is 0 Å². The molecule has 0 heterocycles. The second-order valence-corrected chi connectivity index (χ2v) is 9.54. The van der Waals surface area contributed by atoms with Crippen LogP contribution in [0.25, 0.3) is 0 Å². The van der Waals surface area contributed by atoms with Crippen molar-refractivity contribution in [2.24, 2.45) is 40.4 Å². The lowest BCUT2D eigenvalue weighted by Crippen LogP contribution is -2.51. The molecule has 1 heteroatoms. The highest BCUT2D eigenvalue weighted by atomic mass is 16.1. The fourth-order valence-electron chi connectivity index (χ4n) is 7.75. The van der Waals surface area contributed by atoms with Crippen LogP contribution in [0.1, 0.15) is 120 Å². The van der Waals surface area contributed by atoms with Crippen LogP contribution in [0, 0.1) is 40.4 Å². The van der Waals surface area contributed by atoms with Crippen LogP contribution in [0.2, 0.25) is 0 Å². The van der Waals surface area contributed by atoms with Crippen LogP contribution >= 0.6 is 0 Å². The molecule has 1 nitrogen and oxygen atoms in total. The Morgan fingerprint density at radius 1 is 0.852 bits per heavy atom. The molecule has 3 rings (SSSR count). The predicted octanol–water partition coefficient (Wildman–Crippen LogP) is 8.31.